The van der Waals surface area contributed by atoms with Crippen LogP contribution in [0.15, 0.2) is 29.2 Å². The summed E-state index contributed by atoms with van der Waals surface area (Å²) in [7, 11) is -3.39. The van der Waals surface area contributed by atoms with Gasteiger partial charge in [0.2, 0.25) is 10.0 Å². The van der Waals surface area contributed by atoms with Crippen molar-refractivity contribution >= 4 is 10.0 Å². The van der Waals surface area contributed by atoms with Crippen molar-refractivity contribution < 1.29 is 8.42 Å². The Morgan fingerprint density at radius 2 is 1.71 bits per heavy atom. The van der Waals surface area contributed by atoms with E-state index in [2.05, 4.69) is 30.8 Å². The molecular formula is C16H26N2O2S. The largest absolute Gasteiger partial charge is 0.314 e. The molecule has 1 aromatic carbocycles. The van der Waals surface area contributed by atoms with Crippen molar-refractivity contribution in [3.05, 3.63) is 29.8 Å². The average Bonchev–Trinajstić information content (AvgIpc) is 3.21. The van der Waals surface area contributed by atoms with Crippen molar-refractivity contribution in [3.63, 3.8) is 0 Å². The van der Waals surface area contributed by atoms with Gasteiger partial charge in [-0.1, -0.05) is 32.9 Å². The van der Waals surface area contributed by atoms with Crippen LogP contribution in [-0.2, 0) is 15.4 Å². The highest BCUT2D eigenvalue weighted by Crippen LogP contribution is 2.23. The first kappa shape index (κ1) is 16.5. The minimum absolute atomic E-state index is 0.0319. The second-order valence-electron chi connectivity index (χ2n) is 6.75. The van der Waals surface area contributed by atoms with Crippen molar-refractivity contribution in [2.45, 2.75) is 56.4 Å². The normalized spacial score (nSPS) is 16.1. The van der Waals surface area contributed by atoms with Gasteiger partial charge in [0, 0.05) is 12.6 Å². The van der Waals surface area contributed by atoms with Gasteiger partial charge in [-0.25, -0.2) is 13.1 Å². The fourth-order valence-electron chi connectivity index (χ4n) is 2.11. The molecule has 118 valence electrons. The molecule has 0 heterocycles. The summed E-state index contributed by atoms with van der Waals surface area (Å²) in [5.41, 5.74) is 1.17. The quantitative estimate of drug-likeness (QED) is 0.760. The van der Waals surface area contributed by atoms with E-state index < -0.39 is 10.0 Å². The second kappa shape index (κ2) is 6.46. The van der Waals surface area contributed by atoms with Crippen molar-refractivity contribution in [3.8, 4) is 0 Å². The molecule has 0 unspecified atom stereocenters. The lowest BCUT2D eigenvalue weighted by Crippen LogP contribution is -2.28. The molecule has 0 saturated heterocycles. The number of hydrogen-bond donors (Lipinski definition) is 2. The van der Waals surface area contributed by atoms with Crippen molar-refractivity contribution in [1.82, 2.24) is 10.0 Å². The third-order valence-corrected chi connectivity index (χ3v) is 5.16. The smallest absolute Gasteiger partial charge is 0.240 e. The summed E-state index contributed by atoms with van der Waals surface area (Å²) in [6, 6.07) is 7.83. The molecule has 1 aliphatic carbocycles. The zero-order valence-electron chi connectivity index (χ0n) is 13.1. The van der Waals surface area contributed by atoms with E-state index in [9.17, 15) is 8.42 Å². The highest BCUT2D eigenvalue weighted by atomic mass is 32.2. The molecule has 2 N–H and O–H groups in total. The molecule has 0 radical (unpaired) electrons. The molecule has 0 atom stereocenters. The SMILES string of the molecule is CC(C)(C)c1ccc(S(=O)(=O)NCCCNC2CC2)cc1. The van der Waals surface area contributed by atoms with Crippen LogP contribution in [0.4, 0.5) is 0 Å². The lowest BCUT2D eigenvalue weighted by Gasteiger charge is -2.19. The summed E-state index contributed by atoms with van der Waals surface area (Å²) in [5.74, 6) is 0. The van der Waals surface area contributed by atoms with Crippen LogP contribution in [0.2, 0.25) is 0 Å². The average molecular weight is 310 g/mol. The Hall–Kier alpha value is -0.910. The van der Waals surface area contributed by atoms with E-state index in [-0.39, 0.29) is 5.41 Å². The maximum absolute atomic E-state index is 12.2. The van der Waals surface area contributed by atoms with Gasteiger partial charge in [0.25, 0.3) is 0 Å². The molecule has 1 fully saturated rings. The fraction of sp³-hybridized carbons (Fsp3) is 0.625. The van der Waals surface area contributed by atoms with Gasteiger partial charge < -0.3 is 5.32 Å². The van der Waals surface area contributed by atoms with Gasteiger partial charge in [-0.05, 0) is 48.9 Å². The predicted octanol–water partition coefficient (Wildman–Crippen LogP) is 2.40. The second-order valence-corrected chi connectivity index (χ2v) is 8.52. The Labute approximate surface area is 128 Å². The van der Waals surface area contributed by atoms with Gasteiger partial charge in [0.1, 0.15) is 0 Å². The van der Waals surface area contributed by atoms with Crippen molar-refractivity contribution in [2.24, 2.45) is 0 Å². The van der Waals surface area contributed by atoms with Crippen LogP contribution in [-0.4, -0.2) is 27.5 Å². The van der Waals surface area contributed by atoms with Crippen LogP contribution >= 0.6 is 0 Å². The van der Waals surface area contributed by atoms with E-state index in [0.29, 0.717) is 17.5 Å². The molecule has 1 saturated carbocycles. The Kier molecular flexibility index (Phi) is 5.07. The molecule has 4 nitrogen and oxygen atoms in total. The Morgan fingerprint density at radius 1 is 1.10 bits per heavy atom. The molecule has 0 bridgehead atoms. The van der Waals surface area contributed by atoms with Gasteiger partial charge in [0.05, 0.1) is 4.90 Å². The zero-order valence-corrected chi connectivity index (χ0v) is 14.0. The first-order valence-corrected chi connectivity index (χ1v) is 9.11. The molecule has 1 aromatic rings. The number of nitrogens with one attached hydrogen (secondary N) is 2. The minimum atomic E-state index is -3.39. The van der Waals surface area contributed by atoms with Gasteiger partial charge in [-0.2, -0.15) is 0 Å². The van der Waals surface area contributed by atoms with E-state index >= 15 is 0 Å². The van der Waals surface area contributed by atoms with Gasteiger partial charge in [-0.3, -0.25) is 0 Å². The van der Waals surface area contributed by atoms with E-state index in [0.717, 1.165) is 18.5 Å². The first-order valence-electron chi connectivity index (χ1n) is 7.63. The van der Waals surface area contributed by atoms with E-state index in [1.807, 2.05) is 12.1 Å². The highest BCUT2D eigenvalue weighted by molar-refractivity contribution is 7.89. The molecule has 0 aliphatic heterocycles. The summed E-state index contributed by atoms with van der Waals surface area (Å²) in [4.78, 5) is 0.339. The molecule has 0 aromatic heterocycles. The highest BCUT2D eigenvalue weighted by Gasteiger charge is 2.20. The molecule has 0 spiro atoms. The predicted molar refractivity (Wildman–Crippen MR) is 86.0 cm³/mol. The van der Waals surface area contributed by atoms with Crippen LogP contribution < -0.4 is 10.0 Å². The number of hydrogen-bond acceptors (Lipinski definition) is 3. The molecule has 1 aliphatic rings. The molecule has 21 heavy (non-hydrogen) atoms. The Balaban J connectivity index is 1.86. The lowest BCUT2D eigenvalue weighted by atomic mass is 9.87. The van der Waals surface area contributed by atoms with Gasteiger partial charge >= 0.3 is 0 Å². The van der Waals surface area contributed by atoms with Crippen LogP contribution in [0.1, 0.15) is 45.6 Å². The minimum Gasteiger partial charge on any atom is -0.314 e. The zero-order chi connectivity index (χ0) is 15.5. The van der Waals surface area contributed by atoms with Crippen LogP contribution in [0, 0.1) is 0 Å². The van der Waals surface area contributed by atoms with Gasteiger partial charge in [0.15, 0.2) is 0 Å². The summed E-state index contributed by atoms with van der Waals surface area (Å²) in [5, 5.41) is 3.37. The number of benzene rings is 1. The molecule has 2 rings (SSSR count). The molecular weight excluding hydrogens is 284 g/mol. The Bertz CT molecular complexity index is 555. The number of rotatable bonds is 7. The van der Waals surface area contributed by atoms with E-state index in [1.54, 1.807) is 12.1 Å². The van der Waals surface area contributed by atoms with Crippen molar-refractivity contribution in [1.29, 1.82) is 0 Å². The summed E-state index contributed by atoms with van der Waals surface area (Å²) < 4.78 is 27.0. The standard InChI is InChI=1S/C16H26N2O2S/c1-16(2,3)13-5-9-15(10-6-13)21(19,20)18-12-4-11-17-14-7-8-14/h5-6,9-10,14,17-18H,4,7-8,11-12H2,1-3H3. The fourth-order valence-corrected chi connectivity index (χ4v) is 3.18. The summed E-state index contributed by atoms with van der Waals surface area (Å²) in [6.45, 7) is 7.68. The Morgan fingerprint density at radius 3 is 2.24 bits per heavy atom. The van der Waals surface area contributed by atoms with E-state index in [1.165, 1.54) is 12.8 Å². The van der Waals surface area contributed by atoms with Crippen LogP contribution in [0.3, 0.4) is 0 Å². The summed E-state index contributed by atoms with van der Waals surface area (Å²) in [6.07, 6.45) is 3.33. The lowest BCUT2D eigenvalue weighted by molar-refractivity contribution is 0.571. The van der Waals surface area contributed by atoms with Crippen LogP contribution in [0.25, 0.3) is 0 Å². The first-order chi connectivity index (χ1) is 9.79. The topological polar surface area (TPSA) is 58.2 Å². The number of sulfonamides is 1. The van der Waals surface area contributed by atoms with Crippen LogP contribution in [0.5, 0.6) is 0 Å². The maximum Gasteiger partial charge on any atom is 0.240 e. The van der Waals surface area contributed by atoms with E-state index in [4.69, 9.17) is 0 Å². The summed E-state index contributed by atoms with van der Waals surface area (Å²) >= 11 is 0. The monoisotopic (exact) mass is 310 g/mol. The third-order valence-electron chi connectivity index (χ3n) is 3.69. The maximum atomic E-state index is 12.2. The van der Waals surface area contributed by atoms with Crippen molar-refractivity contribution in [2.75, 3.05) is 13.1 Å². The third kappa shape index (κ3) is 5.09. The van der Waals surface area contributed by atoms with Gasteiger partial charge in [-0.15, -0.1) is 0 Å². The molecule has 0 amide bonds. The molecule has 5 heteroatoms.